The first kappa shape index (κ1) is 17.3. The van der Waals surface area contributed by atoms with Gasteiger partial charge in [0.1, 0.15) is 0 Å². The number of carboxylic acid groups (broad SMARTS) is 3. The fourth-order valence-corrected chi connectivity index (χ4v) is 2.41. The van der Waals surface area contributed by atoms with E-state index in [9.17, 15) is 14.4 Å². The molecule has 0 saturated carbocycles. The van der Waals surface area contributed by atoms with Gasteiger partial charge in [-0.2, -0.15) is 0 Å². The lowest BCUT2D eigenvalue weighted by Crippen LogP contribution is -2.48. The molecule has 1 heterocycles. The molecule has 0 spiro atoms. The third-order valence-corrected chi connectivity index (χ3v) is 3.40. The Bertz CT molecular complexity index is 376. The van der Waals surface area contributed by atoms with Gasteiger partial charge in [0.05, 0.1) is 19.6 Å². The van der Waals surface area contributed by atoms with Crippen LogP contribution < -0.4 is 0 Å². The second kappa shape index (κ2) is 7.91. The van der Waals surface area contributed by atoms with Crippen LogP contribution in [-0.2, 0) is 14.4 Å². The highest BCUT2D eigenvalue weighted by molar-refractivity contribution is 5.70. The second-order valence-electron chi connectivity index (χ2n) is 5.22. The Labute approximate surface area is 122 Å². The maximum Gasteiger partial charge on any atom is 0.317 e. The summed E-state index contributed by atoms with van der Waals surface area (Å²) >= 11 is 0. The van der Waals surface area contributed by atoms with Gasteiger partial charge in [-0.1, -0.05) is 0 Å². The summed E-state index contributed by atoms with van der Waals surface area (Å²) in [5.41, 5.74) is 0. The molecule has 21 heavy (non-hydrogen) atoms. The molecule has 3 N–H and O–H groups in total. The largest absolute Gasteiger partial charge is 0.480 e. The summed E-state index contributed by atoms with van der Waals surface area (Å²) in [5.74, 6) is -2.89. The molecule has 0 unspecified atom stereocenters. The van der Waals surface area contributed by atoms with Crippen LogP contribution >= 0.6 is 0 Å². The standard InChI is InChI=1S/C12H21N3O6/c1-13(6-10(16)17)9-4-14(7-11(18)19)2-3-15(5-9)8-12(20)21/h9H,2-8H2,1H3,(H,16,17)(H,18,19)(H,20,21). The highest BCUT2D eigenvalue weighted by Crippen LogP contribution is 2.09. The molecule has 1 saturated heterocycles. The Morgan fingerprint density at radius 1 is 0.952 bits per heavy atom. The summed E-state index contributed by atoms with van der Waals surface area (Å²) in [7, 11) is 1.64. The number of carbonyl (C=O) groups is 3. The molecule has 0 aromatic rings. The average Bonchev–Trinajstić information content (AvgIpc) is 2.50. The van der Waals surface area contributed by atoms with Gasteiger partial charge in [0.2, 0.25) is 0 Å². The number of hydrogen-bond donors (Lipinski definition) is 3. The quantitative estimate of drug-likeness (QED) is 0.498. The van der Waals surface area contributed by atoms with Crippen LogP contribution in [0, 0.1) is 0 Å². The monoisotopic (exact) mass is 303 g/mol. The normalized spacial score (nSPS) is 18.6. The molecule has 9 nitrogen and oxygen atoms in total. The lowest BCUT2D eigenvalue weighted by Gasteiger charge is -2.30. The van der Waals surface area contributed by atoms with E-state index in [1.807, 2.05) is 0 Å². The van der Waals surface area contributed by atoms with Crippen molar-refractivity contribution in [1.29, 1.82) is 0 Å². The van der Waals surface area contributed by atoms with Crippen molar-refractivity contribution < 1.29 is 29.7 Å². The van der Waals surface area contributed by atoms with Gasteiger partial charge in [-0.15, -0.1) is 0 Å². The Morgan fingerprint density at radius 2 is 1.38 bits per heavy atom. The summed E-state index contributed by atoms with van der Waals surface area (Å²) in [5, 5.41) is 26.6. The van der Waals surface area contributed by atoms with Crippen molar-refractivity contribution in [1.82, 2.24) is 14.7 Å². The summed E-state index contributed by atoms with van der Waals surface area (Å²) in [4.78, 5) is 37.5. The SMILES string of the molecule is CN(CC(=O)O)C1CN(CC(=O)O)CCN(CC(=O)O)C1. The minimum atomic E-state index is -0.976. The molecule has 1 aliphatic heterocycles. The molecule has 0 amide bonds. The molecular weight excluding hydrogens is 282 g/mol. The molecule has 1 aliphatic rings. The van der Waals surface area contributed by atoms with Crippen molar-refractivity contribution in [2.24, 2.45) is 0 Å². The van der Waals surface area contributed by atoms with Crippen molar-refractivity contribution >= 4 is 17.9 Å². The summed E-state index contributed by atoms with van der Waals surface area (Å²) in [6, 6.07) is -0.234. The van der Waals surface area contributed by atoms with Gasteiger partial charge in [-0.3, -0.25) is 29.1 Å². The molecule has 0 bridgehead atoms. The number of nitrogens with zero attached hydrogens (tertiary/aromatic N) is 3. The maximum atomic E-state index is 10.8. The fourth-order valence-electron chi connectivity index (χ4n) is 2.41. The number of carboxylic acids is 3. The Hall–Kier alpha value is -1.71. The Kier molecular flexibility index (Phi) is 6.53. The molecule has 0 atom stereocenters. The van der Waals surface area contributed by atoms with E-state index in [0.717, 1.165) is 0 Å². The van der Waals surface area contributed by atoms with Gasteiger partial charge < -0.3 is 15.3 Å². The molecule has 0 radical (unpaired) electrons. The Balaban J connectivity index is 2.75. The molecule has 0 aromatic carbocycles. The van der Waals surface area contributed by atoms with Gasteiger partial charge in [-0.05, 0) is 7.05 Å². The van der Waals surface area contributed by atoms with Crippen molar-refractivity contribution in [3.05, 3.63) is 0 Å². The smallest absolute Gasteiger partial charge is 0.317 e. The van der Waals surface area contributed by atoms with E-state index < -0.39 is 17.9 Å². The summed E-state index contributed by atoms with van der Waals surface area (Å²) in [6.45, 7) is 1.22. The highest BCUT2D eigenvalue weighted by atomic mass is 16.4. The topological polar surface area (TPSA) is 122 Å². The molecule has 1 rings (SSSR count). The zero-order valence-corrected chi connectivity index (χ0v) is 11.9. The third-order valence-electron chi connectivity index (χ3n) is 3.40. The minimum absolute atomic E-state index is 0.141. The second-order valence-corrected chi connectivity index (χ2v) is 5.22. The summed E-state index contributed by atoms with van der Waals surface area (Å²) < 4.78 is 0. The molecule has 120 valence electrons. The van der Waals surface area contributed by atoms with Crippen molar-refractivity contribution in [2.45, 2.75) is 6.04 Å². The van der Waals surface area contributed by atoms with Gasteiger partial charge in [0, 0.05) is 32.2 Å². The molecule has 0 aromatic heterocycles. The average molecular weight is 303 g/mol. The van der Waals surface area contributed by atoms with E-state index in [0.29, 0.717) is 26.2 Å². The number of likely N-dealkylation sites (N-methyl/N-ethyl adjacent to an activating group) is 1. The molecule has 9 heteroatoms. The zero-order chi connectivity index (χ0) is 16.0. The van der Waals surface area contributed by atoms with Crippen LogP contribution in [-0.4, -0.2) is 107 Å². The van der Waals surface area contributed by atoms with Gasteiger partial charge in [0.15, 0.2) is 0 Å². The number of hydrogen-bond acceptors (Lipinski definition) is 6. The predicted octanol–water partition coefficient (Wildman–Crippen LogP) is -1.84. The van der Waals surface area contributed by atoms with E-state index in [2.05, 4.69) is 0 Å². The fraction of sp³-hybridized carbons (Fsp3) is 0.750. The molecular formula is C12H21N3O6. The zero-order valence-electron chi connectivity index (χ0n) is 11.9. The van der Waals surface area contributed by atoms with Crippen molar-refractivity contribution in [3.8, 4) is 0 Å². The van der Waals surface area contributed by atoms with Crippen molar-refractivity contribution in [2.75, 3.05) is 52.9 Å². The van der Waals surface area contributed by atoms with Crippen LogP contribution in [0.4, 0.5) is 0 Å². The van der Waals surface area contributed by atoms with Gasteiger partial charge in [-0.25, -0.2) is 0 Å². The lowest BCUT2D eigenvalue weighted by molar-refractivity contribution is -0.140. The first-order valence-electron chi connectivity index (χ1n) is 6.58. The van der Waals surface area contributed by atoms with E-state index >= 15 is 0 Å². The van der Waals surface area contributed by atoms with Crippen LogP contribution in [0.3, 0.4) is 0 Å². The first-order chi connectivity index (χ1) is 9.77. The van der Waals surface area contributed by atoms with Crippen LogP contribution in [0.2, 0.25) is 0 Å². The predicted molar refractivity (Wildman–Crippen MR) is 72.2 cm³/mol. The van der Waals surface area contributed by atoms with Crippen LogP contribution in [0.15, 0.2) is 0 Å². The summed E-state index contributed by atoms with van der Waals surface area (Å²) in [6.07, 6.45) is 0. The van der Waals surface area contributed by atoms with Gasteiger partial charge in [0.25, 0.3) is 0 Å². The maximum absolute atomic E-state index is 10.8. The van der Waals surface area contributed by atoms with E-state index in [1.165, 1.54) is 0 Å². The number of rotatable bonds is 7. The molecule has 0 aliphatic carbocycles. The van der Waals surface area contributed by atoms with E-state index in [4.69, 9.17) is 15.3 Å². The van der Waals surface area contributed by atoms with E-state index in [1.54, 1.807) is 21.7 Å². The highest BCUT2D eigenvalue weighted by Gasteiger charge is 2.28. The lowest BCUT2D eigenvalue weighted by atomic mass is 10.2. The van der Waals surface area contributed by atoms with Crippen molar-refractivity contribution in [3.63, 3.8) is 0 Å². The minimum Gasteiger partial charge on any atom is -0.480 e. The van der Waals surface area contributed by atoms with Gasteiger partial charge >= 0.3 is 17.9 Å². The van der Waals surface area contributed by atoms with Crippen LogP contribution in [0.5, 0.6) is 0 Å². The van der Waals surface area contributed by atoms with Crippen LogP contribution in [0.1, 0.15) is 0 Å². The van der Waals surface area contributed by atoms with E-state index in [-0.39, 0.29) is 25.7 Å². The first-order valence-corrected chi connectivity index (χ1v) is 6.58. The number of aliphatic carboxylic acids is 3. The van der Waals surface area contributed by atoms with Crippen LogP contribution in [0.25, 0.3) is 0 Å². The Morgan fingerprint density at radius 3 is 1.71 bits per heavy atom. The molecule has 1 fully saturated rings. The third kappa shape index (κ3) is 6.52.